The third-order valence-electron chi connectivity index (χ3n) is 4.54. The van der Waals surface area contributed by atoms with Crippen molar-refractivity contribution in [3.8, 4) is 16.9 Å². The summed E-state index contributed by atoms with van der Waals surface area (Å²) < 4.78 is 0. The Labute approximate surface area is 136 Å². The molecule has 2 heteroatoms. The van der Waals surface area contributed by atoms with Gasteiger partial charge in [0.25, 0.3) is 0 Å². The number of aromatic hydroxyl groups is 1. The Kier molecular flexibility index (Phi) is 3.51. The van der Waals surface area contributed by atoms with Crippen LogP contribution in [0.15, 0.2) is 72.8 Å². The van der Waals surface area contributed by atoms with Gasteiger partial charge in [0.2, 0.25) is 0 Å². The summed E-state index contributed by atoms with van der Waals surface area (Å²) in [5.74, 6) is 0.310. The maximum Gasteiger partial charge on any atom is 0.115 e. The lowest BCUT2D eigenvalue weighted by Crippen LogP contribution is -2.30. The van der Waals surface area contributed by atoms with Crippen LogP contribution in [-0.2, 0) is 13.0 Å². The summed E-state index contributed by atoms with van der Waals surface area (Å²) >= 11 is 0. The van der Waals surface area contributed by atoms with Crippen LogP contribution in [0.4, 0.5) is 5.69 Å². The number of rotatable bonds is 2. The molecule has 1 N–H and O–H groups in total. The van der Waals surface area contributed by atoms with Crippen LogP contribution >= 0.6 is 0 Å². The second-order valence-corrected chi connectivity index (χ2v) is 6.04. The maximum absolute atomic E-state index is 9.43. The smallest absolute Gasteiger partial charge is 0.115 e. The van der Waals surface area contributed by atoms with Crippen LogP contribution < -0.4 is 4.90 Å². The molecule has 114 valence electrons. The number of anilines is 1. The van der Waals surface area contributed by atoms with E-state index in [2.05, 4.69) is 53.4 Å². The monoisotopic (exact) mass is 301 g/mol. The molecular formula is C21H19NO. The van der Waals surface area contributed by atoms with Gasteiger partial charge in [-0.05, 0) is 52.9 Å². The van der Waals surface area contributed by atoms with Crippen LogP contribution in [0.1, 0.15) is 11.1 Å². The zero-order chi connectivity index (χ0) is 15.6. The first kappa shape index (κ1) is 13.9. The fourth-order valence-corrected chi connectivity index (χ4v) is 3.25. The van der Waals surface area contributed by atoms with E-state index in [1.807, 2.05) is 12.1 Å². The molecule has 4 rings (SSSR count). The highest BCUT2D eigenvalue weighted by atomic mass is 16.3. The molecule has 0 amide bonds. The summed E-state index contributed by atoms with van der Waals surface area (Å²) in [6.07, 6.45) is 1.07. The number of benzene rings is 3. The molecule has 0 radical (unpaired) electrons. The van der Waals surface area contributed by atoms with Crippen molar-refractivity contribution >= 4 is 5.69 Å². The molecule has 0 fully saturated rings. The lowest BCUT2D eigenvalue weighted by atomic mass is 9.94. The average molecular weight is 301 g/mol. The second-order valence-electron chi connectivity index (χ2n) is 6.04. The van der Waals surface area contributed by atoms with Crippen molar-refractivity contribution in [3.63, 3.8) is 0 Å². The zero-order valence-electron chi connectivity index (χ0n) is 12.9. The van der Waals surface area contributed by atoms with Crippen molar-refractivity contribution in [2.45, 2.75) is 13.0 Å². The standard InChI is InChI=1S/C21H19NO/c23-21-10-8-16(9-11-21)17-6-7-19-15-22(13-12-18(19)14-17)20-4-2-1-3-5-20/h1-11,14,23H,12-13,15H2. The van der Waals surface area contributed by atoms with Crippen molar-refractivity contribution in [3.05, 3.63) is 83.9 Å². The summed E-state index contributed by atoms with van der Waals surface area (Å²) in [7, 11) is 0. The number of hydrogen-bond donors (Lipinski definition) is 1. The van der Waals surface area contributed by atoms with E-state index in [1.165, 1.54) is 22.4 Å². The van der Waals surface area contributed by atoms with Gasteiger partial charge in [-0.1, -0.05) is 48.5 Å². The molecule has 0 saturated carbocycles. The predicted molar refractivity (Wildman–Crippen MR) is 94.7 cm³/mol. The lowest BCUT2D eigenvalue weighted by molar-refractivity contribution is 0.475. The van der Waals surface area contributed by atoms with Crippen LogP contribution in [0.25, 0.3) is 11.1 Å². The topological polar surface area (TPSA) is 23.5 Å². The lowest BCUT2D eigenvalue weighted by Gasteiger charge is -2.31. The molecule has 1 aliphatic rings. The minimum Gasteiger partial charge on any atom is -0.508 e. The fraction of sp³-hybridized carbons (Fsp3) is 0.143. The highest BCUT2D eigenvalue weighted by Gasteiger charge is 2.17. The van der Waals surface area contributed by atoms with Crippen LogP contribution in [0, 0.1) is 0 Å². The molecule has 3 aromatic rings. The van der Waals surface area contributed by atoms with Gasteiger partial charge in [0.05, 0.1) is 0 Å². The Bertz CT molecular complexity index is 809. The predicted octanol–water partition coefficient (Wildman–Crippen LogP) is 4.62. The molecule has 3 aromatic carbocycles. The molecule has 1 aliphatic heterocycles. The number of para-hydroxylation sites is 1. The first-order chi connectivity index (χ1) is 11.3. The summed E-state index contributed by atoms with van der Waals surface area (Å²) in [5.41, 5.74) is 6.50. The van der Waals surface area contributed by atoms with Gasteiger partial charge in [-0.2, -0.15) is 0 Å². The van der Waals surface area contributed by atoms with E-state index in [4.69, 9.17) is 0 Å². The van der Waals surface area contributed by atoms with Crippen molar-refractivity contribution in [1.82, 2.24) is 0 Å². The molecule has 0 saturated heterocycles. The van der Waals surface area contributed by atoms with Gasteiger partial charge in [0.1, 0.15) is 5.75 Å². The van der Waals surface area contributed by atoms with E-state index in [0.29, 0.717) is 5.75 Å². The molecule has 0 atom stereocenters. The van der Waals surface area contributed by atoms with Gasteiger partial charge < -0.3 is 10.0 Å². The van der Waals surface area contributed by atoms with E-state index in [1.54, 1.807) is 12.1 Å². The number of fused-ring (bicyclic) bond motifs is 1. The Morgan fingerprint density at radius 2 is 1.48 bits per heavy atom. The summed E-state index contributed by atoms with van der Waals surface area (Å²) in [6, 6.07) is 24.7. The van der Waals surface area contributed by atoms with E-state index in [-0.39, 0.29) is 0 Å². The third kappa shape index (κ3) is 2.80. The quantitative estimate of drug-likeness (QED) is 0.746. The van der Waals surface area contributed by atoms with E-state index < -0.39 is 0 Å². The zero-order valence-corrected chi connectivity index (χ0v) is 12.9. The van der Waals surface area contributed by atoms with Crippen molar-refractivity contribution in [2.75, 3.05) is 11.4 Å². The van der Waals surface area contributed by atoms with Gasteiger partial charge in [0, 0.05) is 18.8 Å². The third-order valence-corrected chi connectivity index (χ3v) is 4.54. The van der Waals surface area contributed by atoms with E-state index in [0.717, 1.165) is 25.1 Å². The number of hydrogen-bond acceptors (Lipinski definition) is 2. The first-order valence-corrected chi connectivity index (χ1v) is 8.01. The molecule has 0 aromatic heterocycles. The van der Waals surface area contributed by atoms with Gasteiger partial charge >= 0.3 is 0 Å². The average Bonchev–Trinajstić information content (AvgIpc) is 2.62. The van der Waals surface area contributed by atoms with Gasteiger partial charge in [0.15, 0.2) is 0 Å². The van der Waals surface area contributed by atoms with Gasteiger partial charge in [-0.15, -0.1) is 0 Å². The summed E-state index contributed by atoms with van der Waals surface area (Å²) in [5, 5.41) is 9.43. The summed E-state index contributed by atoms with van der Waals surface area (Å²) in [4.78, 5) is 2.43. The largest absolute Gasteiger partial charge is 0.508 e. The fourth-order valence-electron chi connectivity index (χ4n) is 3.25. The Morgan fingerprint density at radius 3 is 2.26 bits per heavy atom. The molecule has 0 aliphatic carbocycles. The van der Waals surface area contributed by atoms with Crippen molar-refractivity contribution in [1.29, 1.82) is 0 Å². The number of nitrogens with zero attached hydrogens (tertiary/aromatic N) is 1. The highest BCUT2D eigenvalue weighted by molar-refractivity contribution is 5.66. The molecule has 0 unspecified atom stereocenters. The minimum atomic E-state index is 0.310. The molecule has 0 spiro atoms. The molecule has 1 heterocycles. The normalized spacial score (nSPS) is 13.7. The van der Waals surface area contributed by atoms with E-state index in [9.17, 15) is 5.11 Å². The maximum atomic E-state index is 9.43. The minimum absolute atomic E-state index is 0.310. The number of phenolic OH excluding ortho intramolecular Hbond substituents is 1. The van der Waals surface area contributed by atoms with Crippen molar-refractivity contribution in [2.24, 2.45) is 0 Å². The van der Waals surface area contributed by atoms with Crippen LogP contribution in [0.3, 0.4) is 0 Å². The van der Waals surface area contributed by atoms with Crippen LogP contribution in [-0.4, -0.2) is 11.7 Å². The highest BCUT2D eigenvalue weighted by Crippen LogP contribution is 2.29. The second kappa shape index (κ2) is 5.81. The number of phenols is 1. The van der Waals surface area contributed by atoms with Gasteiger partial charge in [-0.25, -0.2) is 0 Å². The van der Waals surface area contributed by atoms with Crippen LogP contribution in [0.5, 0.6) is 5.75 Å². The van der Waals surface area contributed by atoms with Gasteiger partial charge in [-0.3, -0.25) is 0 Å². The SMILES string of the molecule is Oc1ccc(-c2ccc3c(c2)CCN(c2ccccc2)C3)cc1. The molecule has 2 nitrogen and oxygen atoms in total. The molecule has 0 bridgehead atoms. The summed E-state index contributed by atoms with van der Waals surface area (Å²) in [6.45, 7) is 2.02. The first-order valence-electron chi connectivity index (χ1n) is 8.01. The van der Waals surface area contributed by atoms with E-state index >= 15 is 0 Å². The Morgan fingerprint density at radius 1 is 0.739 bits per heavy atom. The van der Waals surface area contributed by atoms with Crippen LogP contribution in [0.2, 0.25) is 0 Å². The molecular weight excluding hydrogens is 282 g/mol. The van der Waals surface area contributed by atoms with Crippen molar-refractivity contribution < 1.29 is 5.11 Å². The Balaban J connectivity index is 1.61. The Hall–Kier alpha value is -2.74. The molecule has 23 heavy (non-hydrogen) atoms.